The van der Waals surface area contributed by atoms with Gasteiger partial charge < -0.3 is 9.84 Å². The van der Waals surface area contributed by atoms with Gasteiger partial charge in [0.25, 0.3) is 0 Å². The molecule has 82 valence electrons. The second-order valence-electron chi connectivity index (χ2n) is 3.39. The maximum Gasteiger partial charge on any atom is 0.182 e. The first-order chi connectivity index (χ1) is 7.83. The van der Waals surface area contributed by atoms with Crippen LogP contribution in [-0.2, 0) is 0 Å². The Labute approximate surface area is 93.3 Å². The lowest BCUT2D eigenvalue weighted by atomic mass is 10.1. The summed E-state index contributed by atoms with van der Waals surface area (Å²) in [5, 5.41) is 6.49. The minimum absolute atomic E-state index is 0.0254. The minimum Gasteiger partial charge on any atom is -0.356 e. The zero-order chi connectivity index (χ0) is 11.4. The molecule has 0 aliphatic carbocycles. The molecule has 0 amide bonds. The summed E-state index contributed by atoms with van der Waals surface area (Å²) in [4.78, 5) is 11.7. The molecule has 1 N–H and O–H groups in total. The minimum atomic E-state index is -0.0254. The summed E-state index contributed by atoms with van der Waals surface area (Å²) in [6.07, 6.45) is 1.46. The summed E-state index contributed by atoms with van der Waals surface area (Å²) in [6, 6.07) is 9.47. The van der Waals surface area contributed by atoms with Gasteiger partial charge in [0, 0.05) is 5.56 Å². The van der Waals surface area contributed by atoms with Gasteiger partial charge in [-0.05, 0) is 7.05 Å². The number of nitrogens with one attached hydrogen (secondary N) is 1. The van der Waals surface area contributed by atoms with Crippen molar-refractivity contribution in [2.75, 3.05) is 13.6 Å². The van der Waals surface area contributed by atoms with Crippen LogP contribution in [0.2, 0.25) is 0 Å². The Morgan fingerprint density at radius 1 is 1.38 bits per heavy atom. The van der Waals surface area contributed by atoms with Gasteiger partial charge in [-0.15, -0.1) is 0 Å². The van der Waals surface area contributed by atoms with Gasteiger partial charge in [0.1, 0.15) is 0 Å². The summed E-state index contributed by atoms with van der Waals surface area (Å²) in [5.74, 6) is 0.503. The first kappa shape index (κ1) is 10.6. The summed E-state index contributed by atoms with van der Waals surface area (Å²) in [6.45, 7) is 0.279. The van der Waals surface area contributed by atoms with Crippen LogP contribution in [0.1, 0.15) is 10.4 Å². The molecule has 0 unspecified atom stereocenters. The highest BCUT2D eigenvalue weighted by molar-refractivity contribution is 6.02. The fourth-order valence-electron chi connectivity index (χ4n) is 1.49. The predicted molar refractivity (Wildman–Crippen MR) is 60.2 cm³/mol. The highest BCUT2D eigenvalue weighted by atomic mass is 16.5. The van der Waals surface area contributed by atoms with Crippen molar-refractivity contribution in [2.45, 2.75) is 0 Å². The number of nitrogens with zero attached hydrogens (tertiary/aromatic N) is 1. The van der Waals surface area contributed by atoms with E-state index in [1.54, 1.807) is 7.05 Å². The summed E-state index contributed by atoms with van der Waals surface area (Å²) in [5.41, 5.74) is 1.38. The molecule has 0 radical (unpaired) electrons. The van der Waals surface area contributed by atoms with Crippen molar-refractivity contribution in [2.24, 2.45) is 0 Å². The van der Waals surface area contributed by atoms with E-state index >= 15 is 0 Å². The standard InChI is InChI=1S/C12H12N2O2/c1-13-8-11(15)10-7-14-16-12(10)9-5-3-2-4-6-9/h2-7,13H,8H2,1H3. The van der Waals surface area contributed by atoms with Crippen molar-refractivity contribution in [1.82, 2.24) is 10.5 Å². The van der Waals surface area contributed by atoms with E-state index in [-0.39, 0.29) is 12.3 Å². The van der Waals surface area contributed by atoms with Gasteiger partial charge in [0.05, 0.1) is 18.3 Å². The molecule has 4 nitrogen and oxygen atoms in total. The second kappa shape index (κ2) is 4.72. The molecule has 2 aromatic rings. The van der Waals surface area contributed by atoms with E-state index in [4.69, 9.17) is 4.52 Å². The van der Waals surface area contributed by atoms with Crippen LogP contribution >= 0.6 is 0 Å². The predicted octanol–water partition coefficient (Wildman–Crippen LogP) is 1.74. The van der Waals surface area contributed by atoms with Crippen molar-refractivity contribution in [3.8, 4) is 11.3 Å². The SMILES string of the molecule is CNCC(=O)c1cnoc1-c1ccccc1. The molecule has 1 heterocycles. The third kappa shape index (κ3) is 2.01. The normalized spacial score (nSPS) is 10.3. The number of likely N-dealkylation sites (N-methyl/N-ethyl adjacent to an activating group) is 1. The molecule has 0 spiro atoms. The van der Waals surface area contributed by atoms with Gasteiger partial charge >= 0.3 is 0 Å². The smallest absolute Gasteiger partial charge is 0.182 e. The number of Topliss-reactive ketones (excluding diaryl/α,β-unsaturated/α-hetero) is 1. The van der Waals surface area contributed by atoms with Gasteiger partial charge in [-0.3, -0.25) is 4.79 Å². The van der Waals surface area contributed by atoms with Gasteiger partial charge in [0.2, 0.25) is 0 Å². The fourth-order valence-corrected chi connectivity index (χ4v) is 1.49. The quantitative estimate of drug-likeness (QED) is 0.791. The molecule has 0 atom stereocenters. The maximum absolute atomic E-state index is 11.7. The Balaban J connectivity index is 2.37. The zero-order valence-corrected chi connectivity index (χ0v) is 8.93. The lowest BCUT2D eigenvalue weighted by Gasteiger charge is -1.99. The lowest BCUT2D eigenvalue weighted by molar-refractivity contribution is 0.0994. The third-order valence-electron chi connectivity index (χ3n) is 2.24. The number of ketones is 1. The van der Waals surface area contributed by atoms with Gasteiger partial charge in [-0.1, -0.05) is 35.5 Å². The van der Waals surface area contributed by atoms with Crippen molar-refractivity contribution in [3.05, 3.63) is 42.1 Å². The topological polar surface area (TPSA) is 55.1 Å². The average molecular weight is 216 g/mol. The van der Waals surface area contributed by atoms with Crippen molar-refractivity contribution in [1.29, 1.82) is 0 Å². The van der Waals surface area contributed by atoms with Crippen LogP contribution in [0.5, 0.6) is 0 Å². The van der Waals surface area contributed by atoms with E-state index < -0.39 is 0 Å². The second-order valence-corrected chi connectivity index (χ2v) is 3.39. The van der Waals surface area contributed by atoms with Gasteiger partial charge in [0.15, 0.2) is 11.5 Å². The van der Waals surface area contributed by atoms with Crippen LogP contribution in [0, 0.1) is 0 Å². The first-order valence-corrected chi connectivity index (χ1v) is 5.01. The van der Waals surface area contributed by atoms with E-state index in [0.717, 1.165) is 5.56 Å². The van der Waals surface area contributed by atoms with E-state index in [0.29, 0.717) is 11.3 Å². The van der Waals surface area contributed by atoms with Crippen molar-refractivity contribution in [3.63, 3.8) is 0 Å². The summed E-state index contributed by atoms with van der Waals surface area (Å²) >= 11 is 0. The Kier molecular flexibility index (Phi) is 3.12. The van der Waals surface area contributed by atoms with Gasteiger partial charge in [-0.25, -0.2) is 0 Å². The molecule has 2 rings (SSSR count). The summed E-state index contributed by atoms with van der Waals surface area (Å²) in [7, 11) is 1.73. The van der Waals surface area contributed by atoms with Crippen LogP contribution in [0.3, 0.4) is 0 Å². The first-order valence-electron chi connectivity index (χ1n) is 5.01. The lowest BCUT2D eigenvalue weighted by Crippen LogP contribution is -2.18. The molecule has 0 saturated carbocycles. The van der Waals surface area contributed by atoms with Crippen LogP contribution in [-0.4, -0.2) is 24.5 Å². The average Bonchev–Trinajstić information content (AvgIpc) is 2.79. The zero-order valence-electron chi connectivity index (χ0n) is 8.93. The molecular formula is C12H12N2O2. The maximum atomic E-state index is 11.7. The van der Waals surface area contributed by atoms with E-state index in [1.807, 2.05) is 30.3 Å². The molecule has 0 aliphatic rings. The highest BCUT2D eigenvalue weighted by Gasteiger charge is 2.16. The van der Waals surface area contributed by atoms with Crippen molar-refractivity contribution < 1.29 is 9.32 Å². The molecule has 1 aromatic carbocycles. The third-order valence-corrected chi connectivity index (χ3v) is 2.24. The Bertz CT molecular complexity index is 477. The number of carbonyl (C=O) groups is 1. The van der Waals surface area contributed by atoms with Crippen molar-refractivity contribution >= 4 is 5.78 Å². The molecule has 0 fully saturated rings. The molecular weight excluding hydrogens is 204 g/mol. The van der Waals surface area contributed by atoms with E-state index in [2.05, 4.69) is 10.5 Å². The molecule has 4 heteroatoms. The van der Waals surface area contributed by atoms with Crippen LogP contribution in [0.25, 0.3) is 11.3 Å². The highest BCUT2D eigenvalue weighted by Crippen LogP contribution is 2.23. The molecule has 16 heavy (non-hydrogen) atoms. The number of hydrogen-bond donors (Lipinski definition) is 1. The van der Waals surface area contributed by atoms with Crippen LogP contribution in [0.4, 0.5) is 0 Å². The van der Waals surface area contributed by atoms with E-state index in [9.17, 15) is 4.79 Å². The number of hydrogen-bond acceptors (Lipinski definition) is 4. The van der Waals surface area contributed by atoms with Gasteiger partial charge in [-0.2, -0.15) is 0 Å². The molecule has 0 aliphatic heterocycles. The molecule has 0 saturated heterocycles. The number of rotatable bonds is 4. The number of carbonyl (C=O) groups excluding carboxylic acids is 1. The monoisotopic (exact) mass is 216 g/mol. The molecule has 1 aromatic heterocycles. The fraction of sp³-hybridized carbons (Fsp3) is 0.167. The number of aromatic nitrogens is 1. The Morgan fingerprint density at radius 2 is 2.12 bits per heavy atom. The molecule has 0 bridgehead atoms. The van der Waals surface area contributed by atoms with Crippen LogP contribution < -0.4 is 5.32 Å². The van der Waals surface area contributed by atoms with E-state index in [1.165, 1.54) is 6.20 Å². The van der Waals surface area contributed by atoms with Crippen LogP contribution in [0.15, 0.2) is 41.1 Å². The number of benzene rings is 1. The Hall–Kier alpha value is -1.94. The summed E-state index contributed by atoms with van der Waals surface area (Å²) < 4.78 is 5.12. The Morgan fingerprint density at radius 3 is 2.81 bits per heavy atom. The largest absolute Gasteiger partial charge is 0.356 e.